The van der Waals surface area contributed by atoms with E-state index in [9.17, 15) is 24.8 Å². The minimum atomic E-state index is -0.830. The number of hydrogen-bond acceptors (Lipinski definition) is 6. The van der Waals surface area contributed by atoms with Gasteiger partial charge in [0.05, 0.1) is 16.5 Å². The average molecular weight is 443 g/mol. The highest BCUT2D eigenvalue weighted by Gasteiger charge is 2.46. The van der Waals surface area contributed by atoms with Crippen molar-refractivity contribution < 1.29 is 19.6 Å². The molecule has 1 N–H and O–H groups in total. The van der Waals surface area contributed by atoms with Crippen LogP contribution < -0.4 is 0 Å². The summed E-state index contributed by atoms with van der Waals surface area (Å²) in [7, 11) is 0. The molecule has 33 heavy (non-hydrogen) atoms. The smallest absolute Gasteiger partial charge is 0.295 e. The van der Waals surface area contributed by atoms with Gasteiger partial charge in [0.1, 0.15) is 5.76 Å². The molecule has 4 rings (SSSR count). The molecule has 1 saturated heterocycles. The Balaban J connectivity index is 1.84. The van der Waals surface area contributed by atoms with Gasteiger partial charge in [-0.15, -0.1) is 0 Å². The van der Waals surface area contributed by atoms with Gasteiger partial charge in [-0.2, -0.15) is 0 Å². The van der Waals surface area contributed by atoms with Gasteiger partial charge in [-0.3, -0.25) is 24.7 Å². The third kappa shape index (κ3) is 4.10. The standard InChI is InChI=1S/C25H21N3O5/c1-15-3-4-16(2)19(13-15)14-27-22(17-9-11-26-12-10-17)21(24(30)25(27)31)23(29)18-5-7-20(8-6-18)28(32)33/h3-13,22,29H,14H2,1-2H3/b23-21-. The van der Waals surface area contributed by atoms with Crippen molar-refractivity contribution in [3.8, 4) is 0 Å². The summed E-state index contributed by atoms with van der Waals surface area (Å²) in [5.74, 6) is -1.91. The van der Waals surface area contributed by atoms with Crippen molar-refractivity contribution in [3.05, 3.63) is 110 Å². The van der Waals surface area contributed by atoms with Gasteiger partial charge in [0.2, 0.25) is 0 Å². The second kappa shape index (κ2) is 8.66. The van der Waals surface area contributed by atoms with Crippen LogP contribution in [-0.4, -0.2) is 31.6 Å². The summed E-state index contributed by atoms with van der Waals surface area (Å²) in [4.78, 5) is 42.1. The Morgan fingerprint density at radius 2 is 1.73 bits per heavy atom. The van der Waals surface area contributed by atoms with Crippen LogP contribution in [-0.2, 0) is 16.1 Å². The normalized spacial score (nSPS) is 17.4. The van der Waals surface area contributed by atoms with Gasteiger partial charge in [-0.25, -0.2) is 0 Å². The van der Waals surface area contributed by atoms with Gasteiger partial charge in [-0.05, 0) is 54.8 Å². The molecular formula is C25H21N3O5. The van der Waals surface area contributed by atoms with Crippen LogP contribution in [0.3, 0.4) is 0 Å². The third-order valence-electron chi connectivity index (χ3n) is 5.76. The van der Waals surface area contributed by atoms with Crippen LogP contribution in [0.15, 0.2) is 72.6 Å². The zero-order valence-electron chi connectivity index (χ0n) is 18.1. The third-order valence-corrected chi connectivity index (χ3v) is 5.76. The van der Waals surface area contributed by atoms with E-state index in [-0.39, 0.29) is 29.1 Å². The summed E-state index contributed by atoms with van der Waals surface area (Å²) in [6, 6.07) is 13.6. The van der Waals surface area contributed by atoms with Crippen molar-refractivity contribution in [2.75, 3.05) is 0 Å². The molecule has 1 aliphatic rings. The number of benzene rings is 2. The van der Waals surface area contributed by atoms with E-state index in [0.29, 0.717) is 5.56 Å². The molecule has 0 saturated carbocycles. The predicted molar refractivity (Wildman–Crippen MR) is 121 cm³/mol. The fourth-order valence-electron chi connectivity index (χ4n) is 3.99. The average Bonchev–Trinajstić information content (AvgIpc) is 3.06. The van der Waals surface area contributed by atoms with Crippen molar-refractivity contribution >= 4 is 23.1 Å². The summed E-state index contributed by atoms with van der Waals surface area (Å²) in [5, 5.41) is 22.0. The zero-order chi connectivity index (χ0) is 23.7. The first kappa shape index (κ1) is 21.9. The Labute approximate surface area is 190 Å². The molecule has 8 nitrogen and oxygen atoms in total. The second-order valence-electron chi connectivity index (χ2n) is 7.94. The number of amides is 1. The number of nitrogens with zero attached hydrogens (tertiary/aromatic N) is 3. The van der Waals surface area contributed by atoms with Gasteiger partial charge in [0, 0.05) is 36.6 Å². The Kier molecular flexibility index (Phi) is 5.74. The van der Waals surface area contributed by atoms with Crippen molar-refractivity contribution in [1.29, 1.82) is 0 Å². The molecule has 0 bridgehead atoms. The molecule has 0 radical (unpaired) electrons. The highest BCUT2D eigenvalue weighted by Crippen LogP contribution is 2.40. The first-order valence-electron chi connectivity index (χ1n) is 10.3. The maximum atomic E-state index is 13.1. The van der Waals surface area contributed by atoms with Crippen LogP contribution in [0.2, 0.25) is 0 Å². The van der Waals surface area contributed by atoms with Crippen molar-refractivity contribution in [3.63, 3.8) is 0 Å². The number of nitro benzene ring substituents is 1. The number of ketones is 1. The Morgan fingerprint density at radius 1 is 1.06 bits per heavy atom. The number of nitro groups is 1. The molecule has 1 aliphatic heterocycles. The number of aromatic nitrogens is 1. The predicted octanol–water partition coefficient (Wildman–Crippen LogP) is 4.23. The number of carbonyl (C=O) groups is 2. The molecule has 1 fully saturated rings. The lowest BCUT2D eigenvalue weighted by molar-refractivity contribution is -0.384. The van der Waals surface area contributed by atoms with Crippen molar-refractivity contribution in [2.24, 2.45) is 0 Å². The number of aliphatic hydroxyl groups is 1. The largest absolute Gasteiger partial charge is 0.507 e. The molecule has 2 heterocycles. The lowest BCUT2D eigenvalue weighted by Crippen LogP contribution is -2.29. The first-order chi connectivity index (χ1) is 15.8. The number of non-ortho nitro benzene ring substituents is 1. The first-order valence-corrected chi connectivity index (χ1v) is 10.3. The number of pyridine rings is 1. The summed E-state index contributed by atoms with van der Waals surface area (Å²) in [6.07, 6.45) is 3.11. The Bertz CT molecular complexity index is 1280. The highest BCUT2D eigenvalue weighted by atomic mass is 16.6. The van der Waals surface area contributed by atoms with Crippen molar-refractivity contribution in [1.82, 2.24) is 9.88 Å². The lowest BCUT2D eigenvalue weighted by atomic mass is 9.95. The number of hydrogen-bond donors (Lipinski definition) is 1. The van der Waals surface area contributed by atoms with Crippen LogP contribution in [0, 0.1) is 24.0 Å². The number of rotatable bonds is 5. The molecule has 166 valence electrons. The minimum Gasteiger partial charge on any atom is -0.507 e. The number of aliphatic hydroxyl groups excluding tert-OH is 1. The number of Topliss-reactive ketones (excluding diaryl/α,β-unsaturated/α-hetero) is 1. The van der Waals surface area contributed by atoms with Crippen LogP contribution in [0.25, 0.3) is 5.76 Å². The number of carbonyl (C=O) groups excluding carboxylic acids is 2. The molecule has 8 heteroatoms. The second-order valence-corrected chi connectivity index (χ2v) is 7.94. The van der Waals surface area contributed by atoms with E-state index in [2.05, 4.69) is 4.98 Å². The molecule has 1 atom stereocenters. The quantitative estimate of drug-likeness (QED) is 0.208. The van der Waals surface area contributed by atoms with Gasteiger partial charge in [0.25, 0.3) is 17.4 Å². The van der Waals surface area contributed by atoms with E-state index in [1.165, 1.54) is 29.2 Å². The summed E-state index contributed by atoms with van der Waals surface area (Å²) < 4.78 is 0. The van der Waals surface area contributed by atoms with E-state index in [4.69, 9.17) is 0 Å². The van der Waals surface area contributed by atoms with Crippen LogP contribution in [0.5, 0.6) is 0 Å². The van der Waals surface area contributed by atoms with E-state index < -0.39 is 22.7 Å². The minimum absolute atomic E-state index is 0.0645. The van der Waals surface area contributed by atoms with Gasteiger partial charge in [-0.1, -0.05) is 23.8 Å². The summed E-state index contributed by atoms with van der Waals surface area (Å²) in [5.41, 5.74) is 3.52. The zero-order valence-corrected chi connectivity index (χ0v) is 18.1. The fourth-order valence-corrected chi connectivity index (χ4v) is 3.99. The van der Waals surface area contributed by atoms with E-state index in [0.717, 1.165) is 16.7 Å². The van der Waals surface area contributed by atoms with Gasteiger partial charge >= 0.3 is 0 Å². The molecular weight excluding hydrogens is 422 g/mol. The number of aryl methyl sites for hydroxylation is 2. The molecule has 2 aromatic carbocycles. The molecule has 0 aliphatic carbocycles. The van der Waals surface area contributed by atoms with Gasteiger partial charge in [0.15, 0.2) is 0 Å². The summed E-state index contributed by atoms with van der Waals surface area (Å²) >= 11 is 0. The summed E-state index contributed by atoms with van der Waals surface area (Å²) in [6.45, 7) is 4.07. The van der Waals surface area contributed by atoms with Gasteiger partial charge < -0.3 is 10.0 Å². The molecule has 1 aromatic heterocycles. The maximum absolute atomic E-state index is 13.1. The van der Waals surface area contributed by atoms with E-state index >= 15 is 0 Å². The Hall–Kier alpha value is -4.33. The molecule has 1 amide bonds. The van der Waals surface area contributed by atoms with Crippen LogP contribution in [0.1, 0.15) is 33.9 Å². The van der Waals surface area contributed by atoms with Crippen LogP contribution in [0.4, 0.5) is 5.69 Å². The highest BCUT2D eigenvalue weighted by molar-refractivity contribution is 6.46. The molecule has 1 unspecified atom stereocenters. The van der Waals surface area contributed by atoms with E-state index in [1.54, 1.807) is 24.5 Å². The Morgan fingerprint density at radius 3 is 2.36 bits per heavy atom. The fraction of sp³-hybridized carbons (Fsp3) is 0.160. The maximum Gasteiger partial charge on any atom is 0.295 e. The monoisotopic (exact) mass is 443 g/mol. The van der Waals surface area contributed by atoms with Crippen LogP contribution >= 0.6 is 0 Å². The SMILES string of the molecule is Cc1ccc(C)c(CN2C(=O)C(=O)/C(=C(\O)c3ccc([N+](=O)[O-])cc3)C2c2ccncc2)c1. The lowest BCUT2D eigenvalue weighted by Gasteiger charge is -2.26. The molecule has 3 aromatic rings. The van der Waals surface area contributed by atoms with Crippen molar-refractivity contribution in [2.45, 2.75) is 26.4 Å². The molecule has 0 spiro atoms. The van der Waals surface area contributed by atoms with E-state index in [1.807, 2.05) is 32.0 Å². The number of likely N-dealkylation sites (tertiary alicyclic amines) is 1. The topological polar surface area (TPSA) is 114 Å².